The summed E-state index contributed by atoms with van der Waals surface area (Å²) in [6.07, 6.45) is -2.77. The number of aromatic nitrogens is 3. The van der Waals surface area contributed by atoms with Gasteiger partial charge in [0.05, 0.1) is 12.3 Å². The molecule has 1 aliphatic heterocycles. The van der Waals surface area contributed by atoms with Gasteiger partial charge in [0, 0.05) is 13.5 Å². The number of nitrogens with zero attached hydrogens (tertiary/aromatic N) is 4. The first-order chi connectivity index (χ1) is 14.9. The fourth-order valence-corrected chi connectivity index (χ4v) is 3.55. The first-order valence-electron chi connectivity index (χ1n) is 9.64. The fourth-order valence-electron chi connectivity index (χ4n) is 3.55. The molecule has 2 aromatic heterocycles. The van der Waals surface area contributed by atoms with Crippen LogP contribution in [0.3, 0.4) is 0 Å². The van der Waals surface area contributed by atoms with E-state index >= 15 is 0 Å². The van der Waals surface area contributed by atoms with Gasteiger partial charge in [-0.15, -0.1) is 0 Å². The van der Waals surface area contributed by atoms with Crippen LogP contribution < -0.4 is 5.73 Å². The van der Waals surface area contributed by atoms with Crippen LogP contribution in [0.15, 0.2) is 18.5 Å². The van der Waals surface area contributed by atoms with Crippen molar-refractivity contribution in [2.24, 2.45) is 0 Å². The Morgan fingerprint density at radius 3 is 2.74 bits per heavy atom. The van der Waals surface area contributed by atoms with Gasteiger partial charge in [-0.3, -0.25) is 4.79 Å². The minimum Gasteiger partial charge on any atom is -0.457 e. The van der Waals surface area contributed by atoms with Crippen LogP contribution in [-0.4, -0.2) is 64.9 Å². The lowest BCUT2D eigenvalue weighted by molar-refractivity contribution is -0.156. The van der Waals surface area contributed by atoms with Crippen LogP contribution >= 0.6 is 0 Å². The molecule has 0 radical (unpaired) electrons. The summed E-state index contributed by atoms with van der Waals surface area (Å²) in [4.78, 5) is 27.4. The zero-order chi connectivity index (χ0) is 22.6. The van der Waals surface area contributed by atoms with E-state index in [9.17, 15) is 14.9 Å². The summed E-state index contributed by atoms with van der Waals surface area (Å²) in [5, 5.41) is 14.4. The highest BCUT2D eigenvalue weighted by Gasteiger charge is 2.61. The second kappa shape index (κ2) is 9.15. The van der Waals surface area contributed by atoms with Crippen molar-refractivity contribution in [2.45, 2.75) is 44.7 Å². The minimum absolute atomic E-state index is 0.124. The molecular formula is C19H23N5O7. The van der Waals surface area contributed by atoms with Crippen LogP contribution in [-0.2, 0) is 34.1 Å². The highest BCUT2D eigenvalue weighted by Crippen LogP contribution is 2.43. The summed E-state index contributed by atoms with van der Waals surface area (Å²) in [5.74, 6) is -0.404. The van der Waals surface area contributed by atoms with Crippen LogP contribution in [0.5, 0.6) is 0 Å². The summed E-state index contributed by atoms with van der Waals surface area (Å²) >= 11 is 0. The molecule has 4 atom stereocenters. The van der Waals surface area contributed by atoms with E-state index in [1.807, 2.05) is 0 Å². The Hall–Kier alpha value is -3.43. The van der Waals surface area contributed by atoms with Crippen LogP contribution in [0.4, 0.5) is 10.6 Å². The molecule has 1 fully saturated rings. The number of hydrogen-bond donors (Lipinski definition) is 1. The number of carbonyl (C=O) groups excluding carboxylic acids is 2. The number of ether oxygens (including phenoxy) is 5. The van der Waals surface area contributed by atoms with Gasteiger partial charge in [-0.2, -0.15) is 10.4 Å². The largest absolute Gasteiger partial charge is 0.508 e. The quantitative estimate of drug-likeness (QED) is 0.619. The normalized spacial score (nSPS) is 25.2. The van der Waals surface area contributed by atoms with E-state index in [1.165, 1.54) is 17.8 Å². The lowest BCUT2D eigenvalue weighted by Gasteiger charge is -2.28. The smallest absolute Gasteiger partial charge is 0.457 e. The third kappa shape index (κ3) is 4.10. The number of anilines is 1. The second-order valence-corrected chi connectivity index (χ2v) is 6.61. The van der Waals surface area contributed by atoms with E-state index < -0.39 is 36.0 Å². The summed E-state index contributed by atoms with van der Waals surface area (Å²) in [5.41, 5.74) is 4.92. The van der Waals surface area contributed by atoms with Crippen molar-refractivity contribution in [3.63, 3.8) is 0 Å². The molecule has 3 heterocycles. The Balaban J connectivity index is 2.06. The van der Waals surface area contributed by atoms with Gasteiger partial charge in [0.25, 0.3) is 0 Å². The SMILES string of the molecule is CCOC(=O)OC[C@H]1O[C@@](C#N)(c2ccc3c(N)ncnn23)[C@H](OCC)[C@@H]1OC(C)=O. The zero-order valence-corrected chi connectivity index (χ0v) is 17.3. The number of hydrogen-bond acceptors (Lipinski definition) is 11. The van der Waals surface area contributed by atoms with Crippen molar-refractivity contribution in [3.8, 4) is 6.07 Å². The molecule has 0 aromatic carbocycles. The molecule has 0 unspecified atom stereocenters. The molecule has 12 nitrogen and oxygen atoms in total. The Morgan fingerprint density at radius 2 is 2.10 bits per heavy atom. The summed E-state index contributed by atoms with van der Waals surface area (Å²) in [6.45, 7) is 4.57. The van der Waals surface area contributed by atoms with Gasteiger partial charge in [0.1, 0.15) is 36.7 Å². The molecular weight excluding hydrogens is 410 g/mol. The van der Waals surface area contributed by atoms with Crippen LogP contribution in [0.2, 0.25) is 0 Å². The van der Waals surface area contributed by atoms with Crippen molar-refractivity contribution in [1.82, 2.24) is 14.6 Å². The Kier molecular flexibility index (Phi) is 6.57. The second-order valence-electron chi connectivity index (χ2n) is 6.61. The van der Waals surface area contributed by atoms with E-state index in [2.05, 4.69) is 16.2 Å². The minimum atomic E-state index is -1.74. The van der Waals surface area contributed by atoms with Gasteiger partial charge in [-0.05, 0) is 26.0 Å². The van der Waals surface area contributed by atoms with E-state index in [4.69, 9.17) is 29.4 Å². The average Bonchev–Trinajstić information content (AvgIpc) is 3.29. The number of carbonyl (C=O) groups is 2. The highest BCUT2D eigenvalue weighted by molar-refractivity contribution is 5.67. The van der Waals surface area contributed by atoms with Gasteiger partial charge in [-0.25, -0.2) is 14.3 Å². The van der Waals surface area contributed by atoms with E-state index in [0.29, 0.717) is 11.2 Å². The molecule has 0 aliphatic carbocycles. The number of rotatable bonds is 7. The summed E-state index contributed by atoms with van der Waals surface area (Å²) in [6, 6.07) is 5.38. The average molecular weight is 433 g/mol. The predicted molar refractivity (Wildman–Crippen MR) is 104 cm³/mol. The molecule has 3 rings (SSSR count). The molecule has 0 spiro atoms. The molecule has 0 bridgehead atoms. The first kappa shape index (κ1) is 22.3. The van der Waals surface area contributed by atoms with E-state index in [0.717, 1.165) is 0 Å². The standard InChI is InChI=1S/C19H23N5O7/c1-4-27-16-15(30-11(3)25)13(8-29-18(26)28-5-2)31-19(16,9-20)14-7-6-12-17(21)22-10-23-24(12)14/h6-7,10,13,15-16H,4-5,8H2,1-3H3,(H2,21,22,23)/t13-,15-,16-,19+/m1/s1. The lowest BCUT2D eigenvalue weighted by atomic mass is 9.92. The van der Waals surface area contributed by atoms with Crippen molar-refractivity contribution in [2.75, 3.05) is 25.6 Å². The van der Waals surface area contributed by atoms with Crippen LogP contribution in [0, 0.1) is 11.3 Å². The lowest BCUT2D eigenvalue weighted by Crippen LogP contribution is -2.45. The van der Waals surface area contributed by atoms with Crippen LogP contribution in [0.25, 0.3) is 5.52 Å². The van der Waals surface area contributed by atoms with Crippen molar-refractivity contribution in [3.05, 3.63) is 24.2 Å². The number of esters is 1. The number of nitrogens with two attached hydrogens (primary N) is 1. The maximum Gasteiger partial charge on any atom is 0.508 e. The maximum absolute atomic E-state index is 11.8. The van der Waals surface area contributed by atoms with Crippen molar-refractivity contribution >= 4 is 23.5 Å². The van der Waals surface area contributed by atoms with Gasteiger partial charge in [0.15, 0.2) is 11.9 Å². The van der Waals surface area contributed by atoms with Crippen LogP contribution in [0.1, 0.15) is 26.5 Å². The number of fused-ring (bicyclic) bond motifs is 1. The predicted octanol–water partition coefficient (Wildman–Crippen LogP) is 0.939. The first-order valence-corrected chi connectivity index (χ1v) is 9.64. The van der Waals surface area contributed by atoms with Gasteiger partial charge in [-0.1, -0.05) is 0 Å². The fraction of sp³-hybridized carbons (Fsp3) is 0.526. The Labute approximate surface area is 177 Å². The molecule has 0 saturated carbocycles. The maximum atomic E-state index is 11.8. The third-order valence-corrected chi connectivity index (χ3v) is 4.71. The Bertz CT molecular complexity index is 1000. The number of nitriles is 1. The third-order valence-electron chi connectivity index (χ3n) is 4.71. The molecule has 12 heteroatoms. The Morgan fingerprint density at radius 1 is 1.32 bits per heavy atom. The molecule has 2 N–H and O–H groups in total. The molecule has 2 aromatic rings. The topological polar surface area (TPSA) is 160 Å². The number of nitrogen functional groups attached to an aromatic ring is 1. The monoisotopic (exact) mass is 433 g/mol. The van der Waals surface area contributed by atoms with Gasteiger partial charge < -0.3 is 29.4 Å². The van der Waals surface area contributed by atoms with Gasteiger partial charge >= 0.3 is 12.1 Å². The molecule has 1 aliphatic rings. The van der Waals surface area contributed by atoms with Crippen molar-refractivity contribution in [1.29, 1.82) is 5.26 Å². The summed E-state index contributed by atoms with van der Waals surface area (Å²) in [7, 11) is 0. The molecule has 166 valence electrons. The summed E-state index contributed by atoms with van der Waals surface area (Å²) < 4.78 is 28.6. The van der Waals surface area contributed by atoms with E-state index in [1.54, 1.807) is 26.0 Å². The van der Waals surface area contributed by atoms with E-state index in [-0.39, 0.29) is 25.6 Å². The molecule has 1 saturated heterocycles. The van der Waals surface area contributed by atoms with Gasteiger partial charge in [0.2, 0.25) is 5.60 Å². The zero-order valence-electron chi connectivity index (χ0n) is 17.3. The molecule has 0 amide bonds. The molecule has 31 heavy (non-hydrogen) atoms. The highest BCUT2D eigenvalue weighted by atomic mass is 16.7. The van der Waals surface area contributed by atoms with Crippen molar-refractivity contribution < 1.29 is 33.3 Å².